The largest absolute Gasteiger partial charge is 0.317 e. The highest BCUT2D eigenvalue weighted by Gasteiger charge is 2.37. The average Bonchev–Trinajstić information content (AvgIpc) is 2.14. The lowest BCUT2D eigenvalue weighted by atomic mass is 9.87. The Labute approximate surface area is 83.5 Å². The summed E-state index contributed by atoms with van der Waals surface area (Å²) in [5.41, 5.74) is 7.29. The predicted octanol–water partition coefficient (Wildman–Crippen LogP) is 0.923. The quantitative estimate of drug-likeness (QED) is 0.661. The molecule has 1 aromatic rings. The first-order chi connectivity index (χ1) is 6.52. The number of nitrogens with two attached hydrogens (primary N) is 1. The summed E-state index contributed by atoms with van der Waals surface area (Å²) in [6.07, 6.45) is 0.617. The van der Waals surface area contributed by atoms with E-state index < -0.39 is 5.54 Å². The summed E-state index contributed by atoms with van der Waals surface area (Å²) in [5.74, 6) is -0.0174. The minimum Gasteiger partial charge on any atom is -0.317 e. The number of hydrogen-bond acceptors (Lipinski definition) is 2. The zero-order valence-electron chi connectivity index (χ0n) is 8.45. The monoisotopic (exact) mass is 190 g/mol. The van der Waals surface area contributed by atoms with Crippen molar-refractivity contribution in [1.29, 1.82) is 0 Å². The van der Waals surface area contributed by atoms with Crippen molar-refractivity contribution in [2.75, 3.05) is 11.9 Å². The van der Waals surface area contributed by atoms with Gasteiger partial charge in [0.15, 0.2) is 0 Å². The number of carbonyl (C=O) groups excluding carboxylic acids is 1. The fraction of sp³-hybridized carbons (Fsp3) is 0.364. The maximum absolute atomic E-state index is 11.8. The van der Waals surface area contributed by atoms with E-state index in [1.165, 1.54) is 0 Å². The fourth-order valence-corrected chi connectivity index (χ4v) is 1.95. The number of amides is 1. The lowest BCUT2D eigenvalue weighted by molar-refractivity contribution is -0.123. The molecule has 2 N–H and O–H groups in total. The highest BCUT2D eigenvalue weighted by atomic mass is 16.2. The van der Waals surface area contributed by atoms with Gasteiger partial charge in [-0.05, 0) is 18.6 Å². The van der Waals surface area contributed by atoms with E-state index in [0.29, 0.717) is 6.42 Å². The molecule has 1 aromatic carbocycles. The minimum absolute atomic E-state index is 0.0174. The third kappa shape index (κ3) is 1.21. The maximum Gasteiger partial charge on any atom is 0.246 e. The third-order valence-electron chi connectivity index (χ3n) is 2.70. The van der Waals surface area contributed by atoms with Gasteiger partial charge in [-0.3, -0.25) is 4.79 Å². The van der Waals surface area contributed by atoms with Crippen LogP contribution in [0.3, 0.4) is 0 Å². The number of benzene rings is 1. The van der Waals surface area contributed by atoms with Crippen LogP contribution in [0.5, 0.6) is 0 Å². The van der Waals surface area contributed by atoms with Gasteiger partial charge >= 0.3 is 0 Å². The van der Waals surface area contributed by atoms with Gasteiger partial charge in [-0.2, -0.15) is 0 Å². The summed E-state index contributed by atoms with van der Waals surface area (Å²) in [4.78, 5) is 13.4. The SMILES string of the molecule is CN1C(=O)C(C)(N)Cc2ccccc21. The Bertz CT molecular complexity index is 385. The number of nitrogens with zero attached hydrogens (tertiary/aromatic N) is 1. The number of anilines is 1. The molecule has 0 aromatic heterocycles. The molecule has 14 heavy (non-hydrogen) atoms. The Kier molecular flexibility index (Phi) is 1.86. The van der Waals surface area contributed by atoms with Gasteiger partial charge in [-0.25, -0.2) is 0 Å². The number of carbonyl (C=O) groups is 1. The first-order valence-electron chi connectivity index (χ1n) is 4.67. The van der Waals surface area contributed by atoms with Crippen LogP contribution in [0.1, 0.15) is 12.5 Å². The lowest BCUT2D eigenvalue weighted by Crippen LogP contribution is -2.56. The molecule has 1 heterocycles. The molecular formula is C11H14N2O. The van der Waals surface area contributed by atoms with Gasteiger partial charge in [0.25, 0.3) is 0 Å². The van der Waals surface area contributed by atoms with Gasteiger partial charge in [0.2, 0.25) is 5.91 Å². The van der Waals surface area contributed by atoms with Gasteiger partial charge in [-0.1, -0.05) is 18.2 Å². The number of hydrogen-bond donors (Lipinski definition) is 1. The summed E-state index contributed by atoms with van der Waals surface area (Å²) < 4.78 is 0. The van der Waals surface area contributed by atoms with E-state index in [2.05, 4.69) is 0 Å². The van der Waals surface area contributed by atoms with E-state index in [0.717, 1.165) is 11.3 Å². The van der Waals surface area contributed by atoms with Crippen molar-refractivity contribution in [3.8, 4) is 0 Å². The van der Waals surface area contributed by atoms with Gasteiger partial charge in [-0.15, -0.1) is 0 Å². The normalized spacial score (nSPS) is 26.2. The molecule has 74 valence electrons. The number of fused-ring (bicyclic) bond motifs is 1. The van der Waals surface area contributed by atoms with Crippen LogP contribution in [0.2, 0.25) is 0 Å². The van der Waals surface area contributed by atoms with Crippen molar-refractivity contribution in [2.45, 2.75) is 18.9 Å². The van der Waals surface area contributed by atoms with Gasteiger partial charge in [0.05, 0.1) is 5.54 Å². The molecule has 0 radical (unpaired) electrons. The molecule has 0 aliphatic carbocycles. The smallest absolute Gasteiger partial charge is 0.246 e. The van der Waals surface area contributed by atoms with E-state index in [4.69, 9.17) is 5.73 Å². The van der Waals surface area contributed by atoms with E-state index >= 15 is 0 Å². The van der Waals surface area contributed by atoms with Crippen molar-refractivity contribution in [3.05, 3.63) is 29.8 Å². The summed E-state index contributed by atoms with van der Waals surface area (Å²) >= 11 is 0. The maximum atomic E-state index is 11.8. The van der Waals surface area contributed by atoms with Gasteiger partial charge in [0, 0.05) is 19.2 Å². The molecule has 0 spiro atoms. The zero-order chi connectivity index (χ0) is 10.3. The topological polar surface area (TPSA) is 46.3 Å². The Morgan fingerprint density at radius 2 is 2.07 bits per heavy atom. The van der Waals surface area contributed by atoms with Crippen molar-refractivity contribution in [1.82, 2.24) is 0 Å². The molecule has 1 unspecified atom stereocenters. The van der Waals surface area contributed by atoms with Crippen molar-refractivity contribution in [2.24, 2.45) is 5.73 Å². The minimum atomic E-state index is -0.761. The summed E-state index contributed by atoms with van der Waals surface area (Å²) in [5, 5.41) is 0. The first kappa shape index (κ1) is 9.21. The third-order valence-corrected chi connectivity index (χ3v) is 2.70. The molecule has 0 bridgehead atoms. The number of para-hydroxylation sites is 1. The molecule has 1 aliphatic rings. The Hall–Kier alpha value is -1.35. The molecule has 1 atom stereocenters. The summed E-state index contributed by atoms with van der Waals surface area (Å²) in [6, 6.07) is 7.87. The molecule has 1 aliphatic heterocycles. The van der Waals surface area contributed by atoms with E-state index in [-0.39, 0.29) is 5.91 Å². The van der Waals surface area contributed by atoms with Crippen LogP contribution < -0.4 is 10.6 Å². The van der Waals surface area contributed by atoms with Crippen LogP contribution in [0, 0.1) is 0 Å². The Balaban J connectivity index is 2.53. The zero-order valence-corrected chi connectivity index (χ0v) is 8.45. The molecule has 2 rings (SSSR count). The molecular weight excluding hydrogens is 176 g/mol. The van der Waals surface area contributed by atoms with Crippen molar-refractivity contribution < 1.29 is 4.79 Å². The Morgan fingerprint density at radius 3 is 2.79 bits per heavy atom. The van der Waals surface area contributed by atoms with Crippen molar-refractivity contribution in [3.63, 3.8) is 0 Å². The van der Waals surface area contributed by atoms with Crippen molar-refractivity contribution >= 4 is 11.6 Å². The molecule has 3 nitrogen and oxygen atoms in total. The highest BCUT2D eigenvalue weighted by Crippen LogP contribution is 2.29. The molecule has 0 saturated heterocycles. The van der Waals surface area contributed by atoms with E-state index in [1.54, 1.807) is 18.9 Å². The second-order valence-electron chi connectivity index (χ2n) is 4.09. The summed E-state index contributed by atoms with van der Waals surface area (Å²) in [6.45, 7) is 1.78. The highest BCUT2D eigenvalue weighted by molar-refractivity contribution is 6.02. The standard InChI is InChI=1S/C11H14N2O/c1-11(12)7-8-5-3-4-6-9(8)13(2)10(11)14/h3-6H,7,12H2,1-2H3. The first-order valence-corrected chi connectivity index (χ1v) is 4.67. The number of rotatable bonds is 0. The molecule has 1 amide bonds. The average molecular weight is 190 g/mol. The molecule has 3 heteroatoms. The summed E-state index contributed by atoms with van der Waals surface area (Å²) in [7, 11) is 1.77. The fourth-order valence-electron chi connectivity index (χ4n) is 1.95. The Morgan fingerprint density at radius 1 is 1.43 bits per heavy atom. The molecule has 0 saturated carbocycles. The van der Waals surface area contributed by atoms with Crippen LogP contribution in [0.4, 0.5) is 5.69 Å². The van der Waals surface area contributed by atoms with E-state index in [9.17, 15) is 4.79 Å². The predicted molar refractivity (Wildman–Crippen MR) is 56.1 cm³/mol. The second-order valence-corrected chi connectivity index (χ2v) is 4.09. The molecule has 0 fully saturated rings. The lowest BCUT2D eigenvalue weighted by Gasteiger charge is -2.36. The van der Waals surface area contributed by atoms with Crippen LogP contribution in [0.15, 0.2) is 24.3 Å². The number of likely N-dealkylation sites (N-methyl/N-ethyl adjacent to an activating group) is 1. The van der Waals surface area contributed by atoms with Crippen LogP contribution >= 0.6 is 0 Å². The van der Waals surface area contributed by atoms with Crippen LogP contribution in [-0.4, -0.2) is 18.5 Å². The van der Waals surface area contributed by atoms with E-state index in [1.807, 2.05) is 24.3 Å². The van der Waals surface area contributed by atoms with Gasteiger partial charge in [0.1, 0.15) is 0 Å². The van der Waals surface area contributed by atoms with Crippen LogP contribution in [-0.2, 0) is 11.2 Å². The second kappa shape index (κ2) is 2.82. The van der Waals surface area contributed by atoms with Gasteiger partial charge < -0.3 is 10.6 Å². The van der Waals surface area contributed by atoms with Crippen LogP contribution in [0.25, 0.3) is 0 Å².